The number of nitrogen functional groups attached to an aromatic ring is 1. The molecule has 0 saturated heterocycles. The van der Waals surface area contributed by atoms with Gasteiger partial charge in [0.05, 0.1) is 18.1 Å². The third kappa shape index (κ3) is 2.14. The van der Waals surface area contributed by atoms with E-state index < -0.39 is 0 Å². The molecule has 1 saturated carbocycles. The van der Waals surface area contributed by atoms with E-state index in [2.05, 4.69) is 39.3 Å². The van der Waals surface area contributed by atoms with Crippen LogP contribution in [-0.2, 0) is 6.54 Å². The highest BCUT2D eigenvalue weighted by atomic mass is 15.3. The second kappa shape index (κ2) is 4.84. The quantitative estimate of drug-likeness (QED) is 0.800. The Bertz CT molecular complexity index is 771. The summed E-state index contributed by atoms with van der Waals surface area (Å²) >= 11 is 0. The molecule has 0 aliphatic heterocycles. The zero-order valence-electron chi connectivity index (χ0n) is 11.7. The van der Waals surface area contributed by atoms with Crippen molar-refractivity contribution in [1.82, 2.24) is 19.7 Å². The van der Waals surface area contributed by atoms with Crippen LogP contribution < -0.4 is 5.73 Å². The Morgan fingerprint density at radius 3 is 2.67 bits per heavy atom. The molecule has 0 radical (unpaired) electrons. The number of hydrogen-bond acceptors (Lipinski definition) is 4. The van der Waals surface area contributed by atoms with Crippen LogP contribution in [0.1, 0.15) is 36.3 Å². The molecular formula is C16H17N5. The lowest BCUT2D eigenvalue weighted by Gasteiger charge is -2.25. The normalized spacial score (nSPS) is 15.2. The predicted octanol–water partition coefficient (Wildman–Crippen LogP) is 2.72. The van der Waals surface area contributed by atoms with Gasteiger partial charge in [0.2, 0.25) is 0 Å². The summed E-state index contributed by atoms with van der Waals surface area (Å²) in [6.45, 7) is 0.699. The van der Waals surface area contributed by atoms with Crippen molar-refractivity contribution in [3.63, 3.8) is 0 Å². The van der Waals surface area contributed by atoms with E-state index in [9.17, 15) is 0 Å². The second-order valence-corrected chi connectivity index (χ2v) is 5.67. The minimum Gasteiger partial charge on any atom is -0.383 e. The molecule has 1 aromatic carbocycles. The molecule has 0 amide bonds. The topological polar surface area (TPSA) is 69.6 Å². The van der Waals surface area contributed by atoms with Crippen molar-refractivity contribution in [1.29, 1.82) is 0 Å². The molecule has 2 aromatic heterocycles. The van der Waals surface area contributed by atoms with Crippen LogP contribution in [-0.4, -0.2) is 19.7 Å². The van der Waals surface area contributed by atoms with Crippen LogP contribution in [0.4, 0.5) is 5.82 Å². The molecule has 5 heteroatoms. The number of nitrogens with two attached hydrogens (primary N) is 1. The molecule has 4 rings (SSSR count). The third-order valence-electron chi connectivity index (χ3n) is 4.35. The van der Waals surface area contributed by atoms with E-state index in [4.69, 9.17) is 5.73 Å². The van der Waals surface area contributed by atoms with Crippen LogP contribution in [0, 0.1) is 0 Å². The summed E-state index contributed by atoms with van der Waals surface area (Å²) < 4.78 is 1.87. The minimum absolute atomic E-state index is 0.478. The highest BCUT2D eigenvalue weighted by molar-refractivity contribution is 5.84. The summed E-state index contributed by atoms with van der Waals surface area (Å²) in [5.41, 5.74) is 9.30. The molecule has 0 atom stereocenters. The Labute approximate surface area is 122 Å². The Hall–Kier alpha value is -2.43. The molecule has 5 nitrogen and oxygen atoms in total. The number of anilines is 1. The van der Waals surface area contributed by atoms with Gasteiger partial charge < -0.3 is 5.73 Å². The van der Waals surface area contributed by atoms with Gasteiger partial charge in [0.25, 0.3) is 0 Å². The zero-order chi connectivity index (χ0) is 14.2. The minimum atomic E-state index is 0.478. The van der Waals surface area contributed by atoms with E-state index in [1.165, 1.54) is 36.7 Å². The first-order chi connectivity index (χ1) is 10.3. The number of benzene rings is 1. The number of hydrogen-bond donors (Lipinski definition) is 1. The van der Waals surface area contributed by atoms with Crippen LogP contribution in [0.3, 0.4) is 0 Å². The molecule has 0 spiro atoms. The van der Waals surface area contributed by atoms with E-state index >= 15 is 0 Å². The number of rotatable bonds is 3. The molecule has 2 heterocycles. The second-order valence-electron chi connectivity index (χ2n) is 5.67. The Balaban J connectivity index is 1.60. The zero-order valence-corrected chi connectivity index (χ0v) is 11.7. The van der Waals surface area contributed by atoms with Crippen LogP contribution in [0.25, 0.3) is 11.0 Å². The predicted molar refractivity (Wildman–Crippen MR) is 81.9 cm³/mol. The van der Waals surface area contributed by atoms with E-state index in [0.29, 0.717) is 12.4 Å². The van der Waals surface area contributed by atoms with Crippen LogP contribution in [0.15, 0.2) is 36.8 Å². The van der Waals surface area contributed by atoms with Crippen LogP contribution >= 0.6 is 0 Å². The van der Waals surface area contributed by atoms with Gasteiger partial charge in [-0.1, -0.05) is 30.7 Å². The van der Waals surface area contributed by atoms with E-state index in [0.717, 1.165) is 17.0 Å². The van der Waals surface area contributed by atoms with Crippen molar-refractivity contribution < 1.29 is 0 Å². The molecule has 0 unspecified atom stereocenters. The largest absolute Gasteiger partial charge is 0.383 e. The molecule has 106 valence electrons. The molecular weight excluding hydrogens is 262 g/mol. The number of fused-ring (bicyclic) bond motifs is 1. The number of aromatic nitrogens is 4. The van der Waals surface area contributed by atoms with Gasteiger partial charge in [0, 0.05) is 0 Å². The summed E-state index contributed by atoms with van der Waals surface area (Å²) in [5, 5.41) is 5.18. The maximum Gasteiger partial charge on any atom is 0.163 e. The molecule has 21 heavy (non-hydrogen) atoms. The Morgan fingerprint density at radius 2 is 1.95 bits per heavy atom. The van der Waals surface area contributed by atoms with Gasteiger partial charge in [-0.15, -0.1) is 0 Å². The summed E-state index contributed by atoms with van der Waals surface area (Å²) in [6, 6.07) is 8.86. The smallest absolute Gasteiger partial charge is 0.163 e. The summed E-state index contributed by atoms with van der Waals surface area (Å²) in [6.07, 6.45) is 7.24. The molecule has 3 aromatic rings. The first kappa shape index (κ1) is 12.3. The van der Waals surface area contributed by atoms with Crippen molar-refractivity contribution in [2.24, 2.45) is 0 Å². The molecule has 1 fully saturated rings. The van der Waals surface area contributed by atoms with Gasteiger partial charge in [0.1, 0.15) is 12.1 Å². The molecule has 1 aliphatic rings. The van der Waals surface area contributed by atoms with E-state index in [-0.39, 0.29) is 0 Å². The fourth-order valence-electron chi connectivity index (χ4n) is 2.84. The van der Waals surface area contributed by atoms with Gasteiger partial charge in [0.15, 0.2) is 5.65 Å². The maximum atomic E-state index is 5.83. The highest BCUT2D eigenvalue weighted by Crippen LogP contribution is 2.36. The lowest BCUT2D eigenvalue weighted by Crippen LogP contribution is -2.09. The van der Waals surface area contributed by atoms with Gasteiger partial charge in [-0.05, 0) is 29.9 Å². The monoisotopic (exact) mass is 279 g/mol. The summed E-state index contributed by atoms with van der Waals surface area (Å²) in [4.78, 5) is 8.26. The lowest BCUT2D eigenvalue weighted by molar-refractivity contribution is 0.419. The summed E-state index contributed by atoms with van der Waals surface area (Å²) in [5.74, 6) is 1.25. The average Bonchev–Trinajstić information content (AvgIpc) is 2.84. The fourth-order valence-corrected chi connectivity index (χ4v) is 2.84. The van der Waals surface area contributed by atoms with Crippen molar-refractivity contribution in [3.05, 3.63) is 47.9 Å². The third-order valence-corrected chi connectivity index (χ3v) is 4.35. The van der Waals surface area contributed by atoms with Crippen molar-refractivity contribution >= 4 is 16.9 Å². The van der Waals surface area contributed by atoms with Crippen molar-refractivity contribution in [2.75, 3.05) is 5.73 Å². The van der Waals surface area contributed by atoms with Gasteiger partial charge in [-0.2, -0.15) is 5.10 Å². The van der Waals surface area contributed by atoms with E-state index in [1.807, 2.05) is 4.68 Å². The first-order valence-corrected chi connectivity index (χ1v) is 7.32. The van der Waals surface area contributed by atoms with Crippen LogP contribution in [0.5, 0.6) is 0 Å². The SMILES string of the molecule is Nc1ncnc2c1cnn2Cc1ccc(C2CCC2)cc1. The fraction of sp³-hybridized carbons (Fsp3) is 0.312. The summed E-state index contributed by atoms with van der Waals surface area (Å²) in [7, 11) is 0. The average molecular weight is 279 g/mol. The van der Waals surface area contributed by atoms with Crippen molar-refractivity contribution in [3.8, 4) is 0 Å². The van der Waals surface area contributed by atoms with Gasteiger partial charge in [-0.25, -0.2) is 14.6 Å². The van der Waals surface area contributed by atoms with Gasteiger partial charge >= 0.3 is 0 Å². The molecule has 2 N–H and O–H groups in total. The first-order valence-electron chi connectivity index (χ1n) is 7.32. The van der Waals surface area contributed by atoms with Crippen LogP contribution in [0.2, 0.25) is 0 Å². The van der Waals surface area contributed by atoms with Gasteiger partial charge in [-0.3, -0.25) is 0 Å². The highest BCUT2D eigenvalue weighted by Gasteiger charge is 2.19. The Kier molecular flexibility index (Phi) is 2.84. The van der Waals surface area contributed by atoms with Crippen molar-refractivity contribution in [2.45, 2.75) is 31.7 Å². The Morgan fingerprint density at radius 1 is 1.14 bits per heavy atom. The lowest BCUT2D eigenvalue weighted by atomic mass is 9.80. The number of nitrogens with zero attached hydrogens (tertiary/aromatic N) is 4. The molecule has 1 aliphatic carbocycles. The van der Waals surface area contributed by atoms with E-state index in [1.54, 1.807) is 6.20 Å². The molecule has 0 bridgehead atoms. The maximum absolute atomic E-state index is 5.83. The standard InChI is InChI=1S/C16H17N5/c17-15-14-8-20-21(16(14)19-10-18-15)9-11-4-6-13(7-5-11)12-2-1-3-12/h4-8,10,12H,1-3,9H2,(H2,17,18,19).